The van der Waals surface area contributed by atoms with Gasteiger partial charge in [-0.1, -0.05) is 13.3 Å². The Balaban J connectivity index is 1.75. The molecule has 0 aromatic heterocycles. The number of nitrogens with zero attached hydrogens (tertiary/aromatic N) is 2. The lowest BCUT2D eigenvalue weighted by Crippen LogP contribution is -2.48. The number of piperidine rings is 1. The zero-order valence-corrected chi connectivity index (χ0v) is 10.5. The molecule has 92 valence electrons. The van der Waals surface area contributed by atoms with Crippen LogP contribution in [0.1, 0.15) is 33.1 Å². The van der Waals surface area contributed by atoms with Crippen LogP contribution in [0.25, 0.3) is 0 Å². The molecular formula is C12H24N4. The van der Waals surface area contributed by atoms with Crippen LogP contribution in [0.15, 0.2) is 4.99 Å². The third kappa shape index (κ3) is 2.88. The number of hydrogen-bond acceptors (Lipinski definition) is 4. The number of nitrogens with one attached hydrogen (secondary N) is 2. The molecule has 0 aromatic rings. The minimum Gasteiger partial charge on any atom is -0.355 e. The van der Waals surface area contributed by atoms with Crippen molar-refractivity contribution in [2.75, 3.05) is 26.2 Å². The van der Waals surface area contributed by atoms with Crippen LogP contribution in [-0.4, -0.2) is 49.1 Å². The van der Waals surface area contributed by atoms with Crippen LogP contribution < -0.4 is 10.6 Å². The average molecular weight is 224 g/mol. The van der Waals surface area contributed by atoms with Gasteiger partial charge in [0.25, 0.3) is 0 Å². The summed E-state index contributed by atoms with van der Waals surface area (Å²) in [6.07, 6.45) is 4.06. The van der Waals surface area contributed by atoms with E-state index in [1.54, 1.807) is 0 Å². The van der Waals surface area contributed by atoms with Crippen molar-refractivity contribution in [3.8, 4) is 0 Å². The standard InChI is InChI=1S/C12H24N4/c1-3-16-7-5-4-6-11(16)9-14-12-13-8-10(2)15-12/h10-11H,3-9H2,1-2H3,(H2,13,14,15). The van der Waals surface area contributed by atoms with Crippen molar-refractivity contribution in [3.05, 3.63) is 0 Å². The fourth-order valence-corrected chi connectivity index (χ4v) is 2.58. The topological polar surface area (TPSA) is 39.7 Å². The van der Waals surface area contributed by atoms with Crippen LogP contribution in [0.4, 0.5) is 0 Å². The van der Waals surface area contributed by atoms with Crippen LogP contribution in [0, 0.1) is 0 Å². The van der Waals surface area contributed by atoms with E-state index in [0.29, 0.717) is 12.1 Å². The molecule has 0 aliphatic carbocycles. The molecule has 4 nitrogen and oxygen atoms in total. The van der Waals surface area contributed by atoms with Crippen molar-refractivity contribution < 1.29 is 0 Å². The molecule has 0 saturated carbocycles. The minimum absolute atomic E-state index is 0.496. The maximum atomic E-state index is 4.43. The first-order chi connectivity index (χ1) is 7.79. The predicted octanol–water partition coefficient (Wildman–Crippen LogP) is 0.798. The predicted molar refractivity (Wildman–Crippen MR) is 67.8 cm³/mol. The lowest BCUT2D eigenvalue weighted by Gasteiger charge is -2.35. The van der Waals surface area contributed by atoms with Gasteiger partial charge < -0.3 is 10.6 Å². The van der Waals surface area contributed by atoms with Crippen LogP contribution in [0.2, 0.25) is 0 Å². The largest absolute Gasteiger partial charge is 0.355 e. The molecule has 2 rings (SSSR count). The first-order valence-electron chi connectivity index (χ1n) is 6.58. The Morgan fingerprint density at radius 2 is 2.38 bits per heavy atom. The smallest absolute Gasteiger partial charge is 0.191 e. The van der Waals surface area contributed by atoms with Crippen LogP contribution in [0.3, 0.4) is 0 Å². The zero-order chi connectivity index (χ0) is 11.4. The summed E-state index contributed by atoms with van der Waals surface area (Å²) in [5, 5.41) is 6.79. The number of rotatable bonds is 3. The van der Waals surface area contributed by atoms with Gasteiger partial charge in [-0.25, -0.2) is 0 Å². The van der Waals surface area contributed by atoms with Crippen molar-refractivity contribution in [1.82, 2.24) is 15.5 Å². The van der Waals surface area contributed by atoms with Gasteiger partial charge in [0.15, 0.2) is 5.96 Å². The van der Waals surface area contributed by atoms with Gasteiger partial charge in [0.2, 0.25) is 0 Å². The highest BCUT2D eigenvalue weighted by Gasteiger charge is 2.21. The molecular weight excluding hydrogens is 200 g/mol. The summed E-state index contributed by atoms with van der Waals surface area (Å²) >= 11 is 0. The highest BCUT2D eigenvalue weighted by atomic mass is 15.3. The summed E-state index contributed by atoms with van der Waals surface area (Å²) in [5.41, 5.74) is 0. The second-order valence-corrected chi connectivity index (χ2v) is 4.89. The van der Waals surface area contributed by atoms with Crippen molar-refractivity contribution in [1.29, 1.82) is 0 Å². The third-order valence-corrected chi connectivity index (χ3v) is 3.57. The van der Waals surface area contributed by atoms with Crippen molar-refractivity contribution in [3.63, 3.8) is 0 Å². The lowest BCUT2D eigenvalue weighted by atomic mass is 10.0. The van der Waals surface area contributed by atoms with E-state index in [1.807, 2.05) is 0 Å². The van der Waals surface area contributed by atoms with E-state index in [-0.39, 0.29) is 0 Å². The van der Waals surface area contributed by atoms with Crippen molar-refractivity contribution >= 4 is 5.96 Å². The Labute approximate surface area is 98.5 Å². The van der Waals surface area contributed by atoms with E-state index in [1.165, 1.54) is 32.4 Å². The molecule has 4 heteroatoms. The van der Waals surface area contributed by atoms with Gasteiger partial charge in [0.05, 0.1) is 6.54 Å². The van der Waals surface area contributed by atoms with Gasteiger partial charge >= 0.3 is 0 Å². The average Bonchev–Trinajstić information content (AvgIpc) is 2.73. The highest BCUT2D eigenvalue weighted by Crippen LogP contribution is 2.15. The van der Waals surface area contributed by atoms with Crippen LogP contribution in [-0.2, 0) is 0 Å². The van der Waals surface area contributed by atoms with E-state index < -0.39 is 0 Å². The SMILES string of the molecule is CCN1CCCCC1CNC1=NCC(C)N1. The van der Waals surface area contributed by atoms with Gasteiger partial charge in [0, 0.05) is 18.6 Å². The Hall–Kier alpha value is -0.770. The summed E-state index contributed by atoms with van der Waals surface area (Å²) < 4.78 is 0. The number of likely N-dealkylation sites (N-methyl/N-ethyl adjacent to an activating group) is 1. The summed E-state index contributed by atoms with van der Waals surface area (Å²) in [6, 6.07) is 1.19. The first kappa shape index (κ1) is 11.7. The monoisotopic (exact) mass is 224 g/mol. The molecule has 0 radical (unpaired) electrons. The Kier molecular flexibility index (Phi) is 4.04. The molecule has 0 spiro atoms. The van der Waals surface area contributed by atoms with E-state index >= 15 is 0 Å². The molecule has 1 fully saturated rings. The minimum atomic E-state index is 0.496. The van der Waals surface area contributed by atoms with Crippen LogP contribution in [0.5, 0.6) is 0 Å². The summed E-state index contributed by atoms with van der Waals surface area (Å²) in [4.78, 5) is 7.01. The number of aliphatic imine (C=N–C) groups is 1. The van der Waals surface area contributed by atoms with Gasteiger partial charge in [-0.3, -0.25) is 9.89 Å². The molecule has 0 aromatic carbocycles. The fraction of sp³-hybridized carbons (Fsp3) is 0.917. The molecule has 0 bridgehead atoms. The zero-order valence-electron chi connectivity index (χ0n) is 10.5. The molecule has 2 N–H and O–H groups in total. The van der Waals surface area contributed by atoms with Gasteiger partial charge in [0.1, 0.15) is 0 Å². The molecule has 2 heterocycles. The normalized spacial score (nSPS) is 31.0. The summed E-state index contributed by atoms with van der Waals surface area (Å²) in [5.74, 6) is 0.995. The lowest BCUT2D eigenvalue weighted by molar-refractivity contribution is 0.157. The van der Waals surface area contributed by atoms with E-state index in [4.69, 9.17) is 0 Å². The quantitative estimate of drug-likeness (QED) is 0.745. The molecule has 2 aliphatic rings. The van der Waals surface area contributed by atoms with Crippen molar-refractivity contribution in [2.24, 2.45) is 4.99 Å². The van der Waals surface area contributed by atoms with Crippen molar-refractivity contribution in [2.45, 2.75) is 45.2 Å². The second kappa shape index (κ2) is 5.53. The second-order valence-electron chi connectivity index (χ2n) is 4.89. The fourth-order valence-electron chi connectivity index (χ4n) is 2.58. The maximum Gasteiger partial charge on any atom is 0.191 e. The Morgan fingerprint density at radius 1 is 1.50 bits per heavy atom. The summed E-state index contributed by atoms with van der Waals surface area (Å²) in [7, 11) is 0. The highest BCUT2D eigenvalue weighted by molar-refractivity contribution is 5.81. The molecule has 0 amide bonds. The molecule has 2 unspecified atom stereocenters. The van der Waals surface area contributed by atoms with Gasteiger partial charge in [-0.2, -0.15) is 0 Å². The third-order valence-electron chi connectivity index (χ3n) is 3.57. The van der Waals surface area contributed by atoms with E-state index in [9.17, 15) is 0 Å². The summed E-state index contributed by atoms with van der Waals surface area (Å²) in [6.45, 7) is 8.79. The molecule has 2 aliphatic heterocycles. The molecule has 1 saturated heterocycles. The first-order valence-corrected chi connectivity index (χ1v) is 6.58. The van der Waals surface area contributed by atoms with Gasteiger partial charge in [-0.05, 0) is 32.9 Å². The molecule has 16 heavy (non-hydrogen) atoms. The maximum absolute atomic E-state index is 4.43. The van der Waals surface area contributed by atoms with E-state index in [2.05, 4.69) is 34.4 Å². The number of hydrogen-bond donors (Lipinski definition) is 2. The molecule has 2 atom stereocenters. The van der Waals surface area contributed by atoms with E-state index in [0.717, 1.165) is 19.0 Å². The number of guanidine groups is 1. The Bertz CT molecular complexity index is 251. The van der Waals surface area contributed by atoms with Crippen LogP contribution >= 0.6 is 0 Å². The number of likely N-dealkylation sites (tertiary alicyclic amines) is 1. The van der Waals surface area contributed by atoms with Gasteiger partial charge in [-0.15, -0.1) is 0 Å². The Morgan fingerprint density at radius 3 is 3.06 bits per heavy atom.